The van der Waals surface area contributed by atoms with Crippen LogP contribution in [0.5, 0.6) is 0 Å². The molecular weight excluding hydrogens is 216 g/mol. The number of thiazole rings is 1. The Labute approximate surface area is 99.5 Å². The summed E-state index contributed by atoms with van der Waals surface area (Å²) in [5.41, 5.74) is 8.27. The van der Waals surface area contributed by atoms with Crippen molar-refractivity contribution in [2.45, 2.75) is 38.1 Å². The van der Waals surface area contributed by atoms with Gasteiger partial charge in [0.25, 0.3) is 0 Å². The van der Waals surface area contributed by atoms with E-state index in [-0.39, 0.29) is 6.04 Å². The third-order valence-corrected chi connectivity index (χ3v) is 4.15. The summed E-state index contributed by atoms with van der Waals surface area (Å²) in [6.45, 7) is 2.04. The summed E-state index contributed by atoms with van der Waals surface area (Å²) in [5, 5.41) is 1.33. The topological polar surface area (TPSA) is 38.9 Å². The number of nitrogens with two attached hydrogens (primary N) is 1. The van der Waals surface area contributed by atoms with Crippen LogP contribution in [0.3, 0.4) is 0 Å². The zero-order chi connectivity index (χ0) is 11.1. The van der Waals surface area contributed by atoms with Gasteiger partial charge in [0.1, 0.15) is 0 Å². The van der Waals surface area contributed by atoms with Crippen LogP contribution in [0.15, 0.2) is 18.2 Å². The second-order valence-electron chi connectivity index (χ2n) is 4.81. The second kappa shape index (κ2) is 3.82. The first kappa shape index (κ1) is 10.2. The lowest BCUT2D eigenvalue weighted by molar-refractivity contribution is 0.739. The molecule has 2 N–H and O–H groups in total. The Morgan fingerprint density at radius 3 is 3.00 bits per heavy atom. The molecule has 16 heavy (non-hydrogen) atoms. The van der Waals surface area contributed by atoms with Gasteiger partial charge >= 0.3 is 0 Å². The average Bonchev–Trinajstić information content (AvgIpc) is 2.98. The van der Waals surface area contributed by atoms with Crippen molar-refractivity contribution in [1.82, 2.24) is 4.98 Å². The molecular formula is C13H16N2S. The van der Waals surface area contributed by atoms with Gasteiger partial charge in [0, 0.05) is 12.0 Å². The minimum atomic E-state index is 0.221. The molecule has 0 amide bonds. The summed E-state index contributed by atoms with van der Waals surface area (Å²) in [6.07, 6.45) is 3.59. The van der Waals surface area contributed by atoms with Crippen molar-refractivity contribution >= 4 is 21.6 Å². The second-order valence-corrected chi connectivity index (χ2v) is 5.87. The minimum absolute atomic E-state index is 0.221. The number of nitrogens with zero attached hydrogens (tertiary/aromatic N) is 1. The molecule has 1 unspecified atom stereocenters. The molecule has 0 spiro atoms. The van der Waals surface area contributed by atoms with Crippen molar-refractivity contribution < 1.29 is 0 Å². The largest absolute Gasteiger partial charge is 0.328 e. The third-order valence-electron chi connectivity index (χ3n) is 2.95. The Morgan fingerprint density at radius 2 is 2.31 bits per heavy atom. The van der Waals surface area contributed by atoms with Crippen LogP contribution < -0.4 is 5.73 Å². The molecule has 1 saturated carbocycles. The van der Waals surface area contributed by atoms with Crippen LogP contribution in [0.1, 0.15) is 36.3 Å². The SMILES string of the molecule is CC(N)Cc1ccc2sc(C3CC3)nc2c1. The van der Waals surface area contributed by atoms with Gasteiger partial charge in [-0.05, 0) is 43.9 Å². The highest BCUT2D eigenvalue weighted by Crippen LogP contribution is 2.43. The van der Waals surface area contributed by atoms with E-state index < -0.39 is 0 Å². The summed E-state index contributed by atoms with van der Waals surface area (Å²) in [5.74, 6) is 0.759. The number of hydrogen-bond acceptors (Lipinski definition) is 3. The van der Waals surface area contributed by atoms with Gasteiger partial charge in [0.05, 0.1) is 15.2 Å². The normalized spacial score (nSPS) is 17.9. The van der Waals surface area contributed by atoms with Crippen LogP contribution in [-0.4, -0.2) is 11.0 Å². The quantitative estimate of drug-likeness (QED) is 0.883. The number of benzene rings is 1. The number of hydrogen-bond donors (Lipinski definition) is 1. The first-order valence-electron chi connectivity index (χ1n) is 5.87. The van der Waals surface area contributed by atoms with E-state index >= 15 is 0 Å². The Bertz CT molecular complexity index is 512. The van der Waals surface area contributed by atoms with Crippen LogP contribution in [0.25, 0.3) is 10.2 Å². The van der Waals surface area contributed by atoms with Gasteiger partial charge in [0.2, 0.25) is 0 Å². The summed E-state index contributed by atoms with van der Waals surface area (Å²) in [4.78, 5) is 4.72. The van der Waals surface area contributed by atoms with Crippen LogP contribution in [0.4, 0.5) is 0 Å². The van der Waals surface area contributed by atoms with Gasteiger partial charge < -0.3 is 5.73 Å². The van der Waals surface area contributed by atoms with Gasteiger partial charge in [-0.3, -0.25) is 0 Å². The molecule has 3 rings (SSSR count). The average molecular weight is 232 g/mol. The maximum atomic E-state index is 5.81. The molecule has 1 aliphatic rings. The molecule has 2 aromatic rings. The number of fused-ring (bicyclic) bond motifs is 1. The smallest absolute Gasteiger partial charge is 0.0969 e. The molecule has 0 bridgehead atoms. The Kier molecular flexibility index (Phi) is 2.45. The fourth-order valence-electron chi connectivity index (χ4n) is 1.99. The van der Waals surface area contributed by atoms with Gasteiger partial charge in [-0.1, -0.05) is 6.07 Å². The Morgan fingerprint density at radius 1 is 1.50 bits per heavy atom. The predicted molar refractivity (Wildman–Crippen MR) is 68.9 cm³/mol. The Balaban J connectivity index is 1.96. The van der Waals surface area contributed by atoms with Crippen LogP contribution >= 0.6 is 11.3 Å². The van der Waals surface area contributed by atoms with Crippen molar-refractivity contribution in [3.63, 3.8) is 0 Å². The van der Waals surface area contributed by atoms with Crippen LogP contribution in [0.2, 0.25) is 0 Å². The van der Waals surface area contributed by atoms with Crippen molar-refractivity contribution in [2.75, 3.05) is 0 Å². The zero-order valence-electron chi connectivity index (χ0n) is 9.44. The fourth-order valence-corrected chi connectivity index (χ4v) is 3.11. The molecule has 1 heterocycles. The van der Waals surface area contributed by atoms with E-state index in [1.807, 2.05) is 18.3 Å². The number of rotatable bonds is 3. The first-order valence-corrected chi connectivity index (χ1v) is 6.69. The summed E-state index contributed by atoms with van der Waals surface area (Å²) >= 11 is 1.85. The van der Waals surface area contributed by atoms with Crippen molar-refractivity contribution in [1.29, 1.82) is 0 Å². The molecule has 1 aromatic heterocycles. The lowest BCUT2D eigenvalue weighted by Crippen LogP contribution is -2.17. The molecule has 2 nitrogen and oxygen atoms in total. The minimum Gasteiger partial charge on any atom is -0.328 e. The van der Waals surface area contributed by atoms with E-state index in [0.717, 1.165) is 17.9 Å². The molecule has 0 radical (unpaired) electrons. The van der Waals surface area contributed by atoms with Gasteiger partial charge in [-0.15, -0.1) is 11.3 Å². The maximum Gasteiger partial charge on any atom is 0.0969 e. The maximum absolute atomic E-state index is 5.81. The molecule has 1 fully saturated rings. The van der Waals surface area contributed by atoms with E-state index in [1.54, 1.807) is 0 Å². The molecule has 1 aliphatic carbocycles. The summed E-state index contributed by atoms with van der Waals surface area (Å²) in [6, 6.07) is 6.79. The predicted octanol–water partition coefficient (Wildman–Crippen LogP) is 3.06. The third kappa shape index (κ3) is 1.97. The van der Waals surface area contributed by atoms with Gasteiger partial charge in [-0.25, -0.2) is 4.98 Å². The highest BCUT2D eigenvalue weighted by Gasteiger charge is 2.26. The van der Waals surface area contributed by atoms with E-state index in [2.05, 4.69) is 18.2 Å². The summed E-state index contributed by atoms with van der Waals surface area (Å²) in [7, 11) is 0. The van der Waals surface area contributed by atoms with Crippen molar-refractivity contribution in [2.24, 2.45) is 5.73 Å². The van der Waals surface area contributed by atoms with Crippen LogP contribution in [-0.2, 0) is 6.42 Å². The highest BCUT2D eigenvalue weighted by molar-refractivity contribution is 7.18. The van der Waals surface area contributed by atoms with E-state index in [4.69, 9.17) is 10.7 Å². The Hall–Kier alpha value is -0.930. The molecule has 1 aromatic carbocycles. The van der Waals surface area contributed by atoms with E-state index in [0.29, 0.717) is 0 Å². The number of aromatic nitrogens is 1. The molecule has 84 valence electrons. The zero-order valence-corrected chi connectivity index (χ0v) is 10.3. The fraction of sp³-hybridized carbons (Fsp3) is 0.462. The molecule has 0 saturated heterocycles. The lowest BCUT2D eigenvalue weighted by Gasteiger charge is -2.04. The van der Waals surface area contributed by atoms with Crippen LogP contribution in [0, 0.1) is 0 Å². The summed E-state index contributed by atoms with van der Waals surface area (Å²) < 4.78 is 1.32. The lowest BCUT2D eigenvalue weighted by atomic mass is 10.1. The van der Waals surface area contributed by atoms with Gasteiger partial charge in [-0.2, -0.15) is 0 Å². The van der Waals surface area contributed by atoms with E-state index in [1.165, 1.54) is 28.1 Å². The molecule has 3 heteroatoms. The molecule has 1 atom stereocenters. The van der Waals surface area contributed by atoms with Crippen molar-refractivity contribution in [3.8, 4) is 0 Å². The standard InChI is InChI=1S/C13H16N2S/c1-8(14)6-9-2-5-12-11(7-9)15-13(16-12)10-3-4-10/h2,5,7-8,10H,3-4,6,14H2,1H3. The highest BCUT2D eigenvalue weighted by atomic mass is 32.1. The van der Waals surface area contributed by atoms with Gasteiger partial charge in [0.15, 0.2) is 0 Å². The van der Waals surface area contributed by atoms with Crippen molar-refractivity contribution in [3.05, 3.63) is 28.8 Å². The monoisotopic (exact) mass is 232 g/mol. The molecule has 0 aliphatic heterocycles. The first-order chi connectivity index (χ1) is 7.72. The van der Waals surface area contributed by atoms with E-state index in [9.17, 15) is 0 Å².